The first-order chi connectivity index (χ1) is 14.6. The summed E-state index contributed by atoms with van der Waals surface area (Å²) in [5.74, 6) is -3.38. The van der Waals surface area contributed by atoms with E-state index in [1.165, 1.54) is 12.3 Å². The van der Waals surface area contributed by atoms with Gasteiger partial charge in [0.1, 0.15) is 0 Å². The Morgan fingerprint density at radius 2 is 1.81 bits per heavy atom. The van der Waals surface area contributed by atoms with Crippen molar-refractivity contribution < 1.29 is 46.9 Å². The van der Waals surface area contributed by atoms with Crippen LogP contribution in [-0.2, 0) is 31.4 Å². The number of pyridine rings is 2. The summed E-state index contributed by atoms with van der Waals surface area (Å²) >= 11 is 0. The summed E-state index contributed by atoms with van der Waals surface area (Å²) in [6.45, 7) is -0.348. The van der Waals surface area contributed by atoms with Gasteiger partial charge in [0.2, 0.25) is 0 Å². The smallest absolute Gasteiger partial charge is 0.432 e. The van der Waals surface area contributed by atoms with Crippen LogP contribution >= 0.6 is 0 Å². The predicted octanol–water partition coefficient (Wildman–Crippen LogP) is 4.93. The van der Waals surface area contributed by atoms with E-state index < -0.39 is 23.7 Å². The van der Waals surface area contributed by atoms with Crippen molar-refractivity contribution in [2.24, 2.45) is 0 Å². The van der Waals surface area contributed by atoms with Gasteiger partial charge in [-0.3, -0.25) is 13.8 Å². The van der Waals surface area contributed by atoms with E-state index in [0.717, 1.165) is 17.8 Å². The minimum absolute atomic E-state index is 0. The molecule has 0 aliphatic carbocycles. The molecular weight excluding hydrogens is 611 g/mol. The molecule has 0 N–H and O–H groups in total. The number of halogens is 5. The third-order valence-corrected chi connectivity index (χ3v) is 3.73. The third-order valence-electron chi connectivity index (χ3n) is 3.73. The first-order valence-electron chi connectivity index (χ1n) is 8.77. The van der Waals surface area contributed by atoms with E-state index in [9.17, 15) is 26.7 Å². The van der Waals surface area contributed by atoms with E-state index in [0.29, 0.717) is 11.4 Å². The molecule has 1 aromatic carbocycles. The summed E-state index contributed by atoms with van der Waals surface area (Å²) in [6.07, 6.45) is -1.89. The van der Waals surface area contributed by atoms with Gasteiger partial charge in [-0.25, -0.2) is 0 Å². The summed E-state index contributed by atoms with van der Waals surface area (Å²) in [4.78, 5) is 20.0. The first kappa shape index (κ1) is 27.1. The second kappa shape index (κ2) is 12.2. The Bertz CT molecular complexity index is 1020. The van der Waals surface area contributed by atoms with Gasteiger partial charge in [-0.05, 0) is 23.9 Å². The molecule has 11 heteroatoms. The number of nitrogens with zero attached hydrogens (tertiary/aromatic N) is 4. The summed E-state index contributed by atoms with van der Waals surface area (Å²) in [7, 11) is 3.76. The van der Waals surface area contributed by atoms with Crippen LogP contribution < -0.4 is 4.90 Å². The van der Waals surface area contributed by atoms with Gasteiger partial charge in [-0.2, -0.15) is 13.2 Å². The molecule has 0 aliphatic rings. The van der Waals surface area contributed by atoms with Crippen LogP contribution in [0.2, 0.25) is 0 Å². The molecule has 3 aromatic rings. The van der Waals surface area contributed by atoms with Crippen molar-refractivity contribution in [1.29, 1.82) is 0 Å². The van der Waals surface area contributed by atoms with Crippen LogP contribution in [0.25, 0.3) is 16.6 Å². The predicted molar refractivity (Wildman–Crippen MR) is 105 cm³/mol. The molecule has 0 saturated heterocycles. The van der Waals surface area contributed by atoms with Gasteiger partial charge in [0.05, 0.1) is 0 Å². The maximum atomic E-state index is 13.5. The number of benzene rings is 1. The van der Waals surface area contributed by atoms with Crippen LogP contribution in [0.5, 0.6) is 0 Å². The molecule has 2 heterocycles. The molecule has 0 unspecified atom stereocenters. The molecule has 0 bridgehead atoms. The minimum atomic E-state index is -4.89. The Labute approximate surface area is 195 Å². The fourth-order valence-corrected chi connectivity index (χ4v) is 2.21. The Hall–Kier alpha value is -2.91. The van der Waals surface area contributed by atoms with Crippen molar-refractivity contribution in [3.8, 4) is 11.3 Å². The number of rotatable bonds is 4. The summed E-state index contributed by atoms with van der Waals surface area (Å²) in [5.41, 5.74) is 1.83. The fourth-order valence-electron chi connectivity index (χ4n) is 2.21. The van der Waals surface area contributed by atoms with Crippen LogP contribution in [0.15, 0.2) is 54.9 Å². The first-order valence-corrected chi connectivity index (χ1v) is 8.77. The van der Waals surface area contributed by atoms with E-state index in [2.05, 4.69) is 21.4 Å². The largest absolute Gasteiger partial charge is 0.641 e. The van der Waals surface area contributed by atoms with Crippen molar-refractivity contribution >= 4 is 11.6 Å². The number of hydrogen-bond donors (Lipinski definition) is 0. The van der Waals surface area contributed by atoms with Crippen molar-refractivity contribution in [1.82, 2.24) is 9.97 Å². The van der Waals surface area contributed by atoms with Gasteiger partial charge in [0.15, 0.2) is 5.91 Å². The average molecular weight is 629 g/mol. The van der Waals surface area contributed by atoms with Gasteiger partial charge in [0, 0.05) is 69.6 Å². The zero-order valence-corrected chi connectivity index (χ0v) is 19.2. The molecule has 32 heavy (non-hydrogen) atoms. The van der Waals surface area contributed by atoms with E-state index in [1.807, 2.05) is 25.1 Å². The molecule has 0 spiro atoms. The SMILES string of the molecule is CN(C)c1ccnc(-c2[c-]cc(F)cc2F)c1.O=C([N-]Cc1ccccn1)C(F)(F)F.[Ir]. The molecule has 0 saturated carbocycles. The van der Waals surface area contributed by atoms with Crippen molar-refractivity contribution in [3.05, 3.63) is 83.6 Å². The molecule has 0 aliphatic heterocycles. The average Bonchev–Trinajstić information content (AvgIpc) is 2.72. The molecule has 0 atom stereocenters. The zero-order valence-electron chi connectivity index (χ0n) is 16.8. The Balaban J connectivity index is 0.000000316. The van der Waals surface area contributed by atoms with Gasteiger partial charge < -0.3 is 20.0 Å². The van der Waals surface area contributed by atoms with Gasteiger partial charge in [-0.15, -0.1) is 12.1 Å². The molecule has 1 radical (unpaired) electrons. The Morgan fingerprint density at radius 1 is 1.09 bits per heavy atom. The third kappa shape index (κ3) is 8.32. The van der Waals surface area contributed by atoms with Crippen LogP contribution in [-0.4, -0.2) is 36.1 Å². The zero-order chi connectivity index (χ0) is 23.0. The van der Waals surface area contributed by atoms with Crippen LogP contribution in [0, 0.1) is 17.7 Å². The van der Waals surface area contributed by atoms with E-state index in [4.69, 9.17) is 0 Å². The van der Waals surface area contributed by atoms with E-state index >= 15 is 0 Å². The molecule has 2 aromatic heterocycles. The van der Waals surface area contributed by atoms with E-state index in [-0.39, 0.29) is 32.2 Å². The summed E-state index contributed by atoms with van der Waals surface area (Å²) in [6, 6.07) is 12.7. The van der Waals surface area contributed by atoms with Crippen LogP contribution in [0.3, 0.4) is 0 Å². The fraction of sp³-hybridized carbons (Fsp3) is 0.190. The number of hydrogen-bond acceptors (Lipinski definition) is 4. The van der Waals surface area contributed by atoms with Crippen molar-refractivity contribution in [2.45, 2.75) is 12.7 Å². The number of carbonyl (C=O) groups is 1. The molecule has 3 rings (SSSR count). The number of anilines is 1. The standard InChI is InChI=1S/C13H11F2N2.C8H7F3N2O.Ir/c1-17(2)10-5-6-16-13(8-10)11-4-3-9(14)7-12(11)15;9-8(10,11)7(14)13-5-6-3-1-2-4-12-6;/h3,5-8H,1-2H3;1-4H,5H2,(H,13,14);/q-1;;/p-1. The van der Waals surface area contributed by atoms with Crippen LogP contribution in [0.4, 0.5) is 27.6 Å². The molecule has 0 fully saturated rings. The minimum Gasteiger partial charge on any atom is -0.641 e. The second-order valence-corrected chi connectivity index (χ2v) is 6.27. The van der Waals surface area contributed by atoms with Gasteiger partial charge in [-0.1, -0.05) is 30.3 Å². The second-order valence-electron chi connectivity index (χ2n) is 6.27. The molecule has 5 nitrogen and oxygen atoms in total. The van der Waals surface area contributed by atoms with E-state index in [1.54, 1.807) is 24.4 Å². The van der Waals surface area contributed by atoms with Gasteiger partial charge >= 0.3 is 6.18 Å². The number of carbonyl (C=O) groups excluding carboxylic acids is 1. The van der Waals surface area contributed by atoms with Crippen LogP contribution in [0.1, 0.15) is 5.69 Å². The normalized spacial score (nSPS) is 10.3. The Kier molecular flexibility index (Phi) is 10.3. The number of amides is 1. The number of alkyl halides is 3. The van der Waals surface area contributed by atoms with Crippen molar-refractivity contribution in [2.75, 3.05) is 19.0 Å². The number of aromatic nitrogens is 2. The van der Waals surface area contributed by atoms with Crippen molar-refractivity contribution in [3.63, 3.8) is 0 Å². The topological polar surface area (TPSA) is 60.2 Å². The molecular formula is C21H17F5IrN4O-2. The van der Waals surface area contributed by atoms with Gasteiger partial charge in [0.25, 0.3) is 0 Å². The monoisotopic (exact) mass is 629 g/mol. The Morgan fingerprint density at radius 3 is 2.38 bits per heavy atom. The summed E-state index contributed by atoms with van der Waals surface area (Å²) in [5, 5.41) is 2.84. The molecule has 1 amide bonds. The quantitative estimate of drug-likeness (QED) is 0.304. The maximum absolute atomic E-state index is 13.5. The molecule has 173 valence electrons. The maximum Gasteiger partial charge on any atom is 0.432 e. The summed E-state index contributed by atoms with van der Waals surface area (Å²) < 4.78 is 61.4.